The van der Waals surface area contributed by atoms with Crippen molar-refractivity contribution < 1.29 is 9.18 Å². The van der Waals surface area contributed by atoms with Gasteiger partial charge in [-0.05, 0) is 25.0 Å². The van der Waals surface area contributed by atoms with Gasteiger partial charge in [0, 0.05) is 7.05 Å². The minimum atomic E-state index is -0.910. The Morgan fingerprint density at radius 2 is 1.89 bits per heavy atom. The summed E-state index contributed by atoms with van der Waals surface area (Å²) in [5.41, 5.74) is 5.06. The van der Waals surface area contributed by atoms with Crippen molar-refractivity contribution in [3.05, 3.63) is 30.1 Å². The number of amides is 1. The zero-order valence-electron chi connectivity index (χ0n) is 11.4. The molecule has 104 valence electrons. The maximum atomic E-state index is 13.7. The lowest BCUT2D eigenvalue weighted by Gasteiger charge is -2.33. The van der Waals surface area contributed by atoms with Gasteiger partial charge in [-0.15, -0.1) is 0 Å². The van der Waals surface area contributed by atoms with Gasteiger partial charge in [0.1, 0.15) is 5.82 Å². The fourth-order valence-electron chi connectivity index (χ4n) is 2.16. The minimum absolute atomic E-state index is 0.158. The van der Waals surface area contributed by atoms with E-state index >= 15 is 0 Å². The summed E-state index contributed by atoms with van der Waals surface area (Å²) >= 11 is 5.04. The van der Waals surface area contributed by atoms with Crippen molar-refractivity contribution in [1.29, 1.82) is 0 Å². The Labute approximate surface area is 118 Å². The number of hydrogen-bond donors (Lipinski definition) is 1. The number of carbonyl (C=O) groups is 1. The van der Waals surface area contributed by atoms with Gasteiger partial charge in [0.25, 0.3) is 0 Å². The molecule has 0 heterocycles. The molecule has 0 saturated carbocycles. The van der Waals surface area contributed by atoms with Crippen molar-refractivity contribution in [3.8, 4) is 0 Å². The SMILES string of the molecule is CCC(CC)(C(=O)N(C)c1ccccc1F)C(N)=S. The molecule has 1 aromatic rings. The van der Waals surface area contributed by atoms with Gasteiger partial charge in [0.05, 0.1) is 16.1 Å². The molecule has 0 unspecified atom stereocenters. The summed E-state index contributed by atoms with van der Waals surface area (Å²) in [6, 6.07) is 6.14. The summed E-state index contributed by atoms with van der Waals surface area (Å²) < 4.78 is 13.7. The molecule has 0 bridgehead atoms. The van der Waals surface area contributed by atoms with E-state index in [0.717, 1.165) is 0 Å². The Morgan fingerprint density at radius 1 is 1.37 bits per heavy atom. The first-order chi connectivity index (χ1) is 8.90. The van der Waals surface area contributed by atoms with E-state index in [-0.39, 0.29) is 16.6 Å². The first-order valence-corrected chi connectivity index (χ1v) is 6.64. The molecule has 1 aromatic carbocycles. The van der Waals surface area contributed by atoms with Gasteiger partial charge in [-0.2, -0.15) is 0 Å². The zero-order chi connectivity index (χ0) is 14.6. The number of nitrogens with two attached hydrogens (primary N) is 1. The number of para-hydroxylation sites is 1. The number of carbonyl (C=O) groups excluding carboxylic acids is 1. The molecule has 1 amide bonds. The monoisotopic (exact) mass is 282 g/mol. The third-order valence-electron chi connectivity index (χ3n) is 3.61. The molecule has 5 heteroatoms. The highest BCUT2D eigenvalue weighted by Gasteiger charge is 2.40. The van der Waals surface area contributed by atoms with Gasteiger partial charge >= 0.3 is 0 Å². The second-order valence-electron chi connectivity index (χ2n) is 4.47. The van der Waals surface area contributed by atoms with Crippen molar-refractivity contribution in [3.63, 3.8) is 0 Å². The molecule has 0 fully saturated rings. The Morgan fingerprint density at radius 3 is 2.32 bits per heavy atom. The lowest BCUT2D eigenvalue weighted by Crippen LogP contribution is -2.49. The lowest BCUT2D eigenvalue weighted by molar-refractivity contribution is -0.124. The van der Waals surface area contributed by atoms with Crippen molar-refractivity contribution in [2.75, 3.05) is 11.9 Å². The Kier molecular flexibility index (Phi) is 5.00. The summed E-state index contributed by atoms with van der Waals surface area (Å²) in [4.78, 5) is 14.1. The van der Waals surface area contributed by atoms with E-state index < -0.39 is 11.2 Å². The fourth-order valence-corrected chi connectivity index (χ4v) is 2.54. The molecule has 0 aromatic heterocycles. The van der Waals surface area contributed by atoms with Crippen molar-refractivity contribution >= 4 is 28.8 Å². The van der Waals surface area contributed by atoms with Crippen LogP contribution >= 0.6 is 12.2 Å². The topological polar surface area (TPSA) is 46.3 Å². The van der Waals surface area contributed by atoms with Crippen LogP contribution in [0.2, 0.25) is 0 Å². The van der Waals surface area contributed by atoms with E-state index in [0.29, 0.717) is 12.8 Å². The number of nitrogens with zero attached hydrogens (tertiary/aromatic N) is 1. The van der Waals surface area contributed by atoms with E-state index in [1.165, 1.54) is 11.0 Å². The molecular weight excluding hydrogens is 263 g/mol. The van der Waals surface area contributed by atoms with Crippen LogP contribution in [0.25, 0.3) is 0 Å². The normalized spacial score (nSPS) is 11.2. The third-order valence-corrected chi connectivity index (χ3v) is 4.00. The number of rotatable bonds is 5. The molecule has 0 aliphatic carbocycles. The highest BCUT2D eigenvalue weighted by molar-refractivity contribution is 7.80. The summed E-state index contributed by atoms with van der Waals surface area (Å²) in [5.74, 6) is -0.711. The number of thiocarbonyl (C=S) groups is 1. The summed E-state index contributed by atoms with van der Waals surface area (Å²) in [7, 11) is 1.54. The van der Waals surface area contributed by atoms with Crippen molar-refractivity contribution in [2.45, 2.75) is 26.7 Å². The molecule has 0 spiro atoms. The highest BCUT2D eigenvalue weighted by atomic mass is 32.1. The van der Waals surface area contributed by atoms with Crippen LogP contribution in [0.5, 0.6) is 0 Å². The van der Waals surface area contributed by atoms with E-state index in [2.05, 4.69) is 0 Å². The van der Waals surface area contributed by atoms with Crippen LogP contribution in [0.3, 0.4) is 0 Å². The quantitative estimate of drug-likeness (QED) is 0.845. The second kappa shape index (κ2) is 6.10. The van der Waals surface area contributed by atoms with Gasteiger partial charge in [0.15, 0.2) is 0 Å². The molecule has 1 rings (SSSR count). The van der Waals surface area contributed by atoms with Gasteiger partial charge < -0.3 is 10.6 Å². The van der Waals surface area contributed by atoms with Gasteiger partial charge in [-0.25, -0.2) is 4.39 Å². The number of benzene rings is 1. The van der Waals surface area contributed by atoms with Gasteiger partial charge in [-0.1, -0.05) is 38.2 Å². The smallest absolute Gasteiger partial charge is 0.239 e. The van der Waals surface area contributed by atoms with Crippen LogP contribution in [0.1, 0.15) is 26.7 Å². The summed E-state index contributed by atoms with van der Waals surface area (Å²) in [6.45, 7) is 3.71. The van der Waals surface area contributed by atoms with Gasteiger partial charge in [-0.3, -0.25) is 4.79 Å². The maximum Gasteiger partial charge on any atom is 0.239 e. The molecule has 0 radical (unpaired) electrons. The van der Waals surface area contributed by atoms with Crippen LogP contribution < -0.4 is 10.6 Å². The molecular formula is C14H19FN2OS. The fraction of sp³-hybridized carbons (Fsp3) is 0.429. The Hall–Kier alpha value is -1.49. The van der Waals surface area contributed by atoms with E-state index in [9.17, 15) is 9.18 Å². The molecule has 0 aliphatic heterocycles. The molecule has 19 heavy (non-hydrogen) atoms. The standard InChI is InChI=1S/C14H19FN2OS/c1-4-14(5-2,12(16)19)13(18)17(3)11-9-7-6-8-10(11)15/h6-9H,4-5H2,1-3H3,(H2,16,19). The van der Waals surface area contributed by atoms with Crippen LogP contribution in [0.4, 0.5) is 10.1 Å². The van der Waals surface area contributed by atoms with E-state index in [1.807, 2.05) is 13.8 Å². The predicted octanol–water partition coefficient (Wildman–Crippen LogP) is 2.88. The first-order valence-electron chi connectivity index (χ1n) is 6.23. The zero-order valence-corrected chi connectivity index (χ0v) is 12.3. The molecule has 2 N–H and O–H groups in total. The van der Waals surface area contributed by atoms with Crippen LogP contribution in [-0.2, 0) is 4.79 Å². The minimum Gasteiger partial charge on any atom is -0.392 e. The Bertz CT molecular complexity index is 486. The van der Waals surface area contributed by atoms with E-state index in [1.54, 1.807) is 25.2 Å². The molecule has 3 nitrogen and oxygen atoms in total. The summed E-state index contributed by atoms with van der Waals surface area (Å²) in [6.07, 6.45) is 0.993. The molecule has 0 atom stereocenters. The van der Waals surface area contributed by atoms with Gasteiger partial charge in [0.2, 0.25) is 5.91 Å². The Balaban J connectivity index is 3.18. The van der Waals surface area contributed by atoms with E-state index in [4.69, 9.17) is 18.0 Å². The van der Waals surface area contributed by atoms with Crippen LogP contribution in [-0.4, -0.2) is 17.9 Å². The van der Waals surface area contributed by atoms with Crippen LogP contribution in [0.15, 0.2) is 24.3 Å². The van der Waals surface area contributed by atoms with Crippen molar-refractivity contribution in [1.82, 2.24) is 0 Å². The lowest BCUT2D eigenvalue weighted by atomic mass is 9.80. The highest BCUT2D eigenvalue weighted by Crippen LogP contribution is 2.31. The summed E-state index contributed by atoms with van der Waals surface area (Å²) in [5, 5.41) is 0. The maximum absolute atomic E-state index is 13.7. The first kappa shape index (κ1) is 15.6. The number of halogens is 1. The largest absolute Gasteiger partial charge is 0.392 e. The number of anilines is 1. The third kappa shape index (κ3) is 2.76. The second-order valence-corrected chi connectivity index (χ2v) is 4.91. The molecule has 0 saturated heterocycles. The van der Waals surface area contributed by atoms with Crippen LogP contribution in [0, 0.1) is 11.2 Å². The average molecular weight is 282 g/mol. The molecule has 0 aliphatic rings. The predicted molar refractivity (Wildman–Crippen MR) is 79.6 cm³/mol. The van der Waals surface area contributed by atoms with Crippen molar-refractivity contribution in [2.24, 2.45) is 11.1 Å². The number of hydrogen-bond acceptors (Lipinski definition) is 2. The average Bonchev–Trinajstić information content (AvgIpc) is 2.40.